The van der Waals surface area contributed by atoms with Gasteiger partial charge >= 0.3 is 0 Å². The number of nitrogens with zero attached hydrogens (tertiary/aromatic N) is 1. The Morgan fingerprint density at radius 3 is 2.56 bits per heavy atom. The molecule has 1 unspecified atom stereocenters. The predicted molar refractivity (Wildman–Crippen MR) is 82.9 cm³/mol. The average Bonchev–Trinajstić information content (AvgIpc) is 2.34. The molecule has 4 heteroatoms. The molecule has 0 bridgehead atoms. The molecule has 2 atom stereocenters. The van der Waals surface area contributed by atoms with Gasteiger partial charge in [-0.05, 0) is 50.0 Å². The van der Waals surface area contributed by atoms with Crippen LogP contribution in [0.15, 0.2) is 18.2 Å². The van der Waals surface area contributed by atoms with Gasteiger partial charge in [-0.25, -0.2) is 0 Å². The molecule has 0 aromatic heterocycles. The minimum atomic E-state index is -0.476. The van der Waals surface area contributed by atoms with Crippen LogP contribution in [0, 0.1) is 0 Å². The minimum Gasteiger partial charge on any atom is -0.389 e. The fourth-order valence-electron chi connectivity index (χ4n) is 1.79. The van der Waals surface area contributed by atoms with E-state index in [2.05, 4.69) is 25.1 Å². The van der Waals surface area contributed by atoms with E-state index in [0.717, 1.165) is 23.4 Å². The van der Waals surface area contributed by atoms with Crippen molar-refractivity contribution >= 4 is 29.1 Å². The third-order valence-corrected chi connectivity index (χ3v) is 4.18. The lowest BCUT2D eigenvalue weighted by atomic mass is 10.1. The topological polar surface area (TPSA) is 23.5 Å². The van der Waals surface area contributed by atoms with Crippen molar-refractivity contribution in [2.75, 3.05) is 24.0 Å². The maximum absolute atomic E-state index is 9.53. The molecule has 0 fully saturated rings. The summed E-state index contributed by atoms with van der Waals surface area (Å²) < 4.78 is 0. The number of thioether (sulfide) groups is 1. The first-order valence-electron chi connectivity index (χ1n) is 6.16. The summed E-state index contributed by atoms with van der Waals surface area (Å²) in [5.41, 5.74) is 1.88. The van der Waals surface area contributed by atoms with Crippen LogP contribution in [0.25, 0.3) is 0 Å². The van der Waals surface area contributed by atoms with E-state index < -0.39 is 6.10 Å². The first-order valence-corrected chi connectivity index (χ1v) is 7.93. The number of rotatable bonds is 6. The van der Waals surface area contributed by atoms with Crippen LogP contribution in [-0.2, 0) is 0 Å². The monoisotopic (exact) mass is 287 g/mol. The van der Waals surface area contributed by atoms with Crippen LogP contribution in [0.3, 0.4) is 0 Å². The summed E-state index contributed by atoms with van der Waals surface area (Å²) in [6, 6.07) is 6.22. The molecule has 102 valence electrons. The number of anilines is 1. The van der Waals surface area contributed by atoms with Crippen molar-refractivity contribution in [2.45, 2.75) is 32.4 Å². The molecule has 1 aromatic carbocycles. The second-order valence-electron chi connectivity index (χ2n) is 4.63. The molecule has 0 heterocycles. The van der Waals surface area contributed by atoms with Crippen LogP contribution in [0.5, 0.6) is 0 Å². The molecule has 0 radical (unpaired) electrons. The van der Waals surface area contributed by atoms with Gasteiger partial charge in [-0.3, -0.25) is 0 Å². The third-order valence-electron chi connectivity index (χ3n) is 3.24. The Labute approximate surface area is 119 Å². The zero-order chi connectivity index (χ0) is 13.7. The van der Waals surface area contributed by atoms with E-state index >= 15 is 0 Å². The second-order valence-corrected chi connectivity index (χ2v) is 6.02. The maximum atomic E-state index is 9.53. The van der Waals surface area contributed by atoms with Crippen LogP contribution >= 0.6 is 23.4 Å². The smallest absolute Gasteiger partial charge is 0.0762 e. The highest BCUT2D eigenvalue weighted by atomic mass is 35.5. The van der Waals surface area contributed by atoms with E-state index in [1.807, 2.05) is 30.0 Å². The fourth-order valence-corrected chi connectivity index (χ4v) is 2.69. The first kappa shape index (κ1) is 15.7. The molecule has 0 aliphatic heterocycles. The molecule has 0 saturated carbocycles. The van der Waals surface area contributed by atoms with Crippen LogP contribution in [0.4, 0.5) is 5.69 Å². The van der Waals surface area contributed by atoms with Crippen molar-refractivity contribution < 1.29 is 5.11 Å². The molecule has 18 heavy (non-hydrogen) atoms. The van der Waals surface area contributed by atoms with Crippen LogP contribution in [0.2, 0.25) is 5.02 Å². The van der Waals surface area contributed by atoms with Crippen LogP contribution in [-0.4, -0.2) is 30.2 Å². The van der Waals surface area contributed by atoms with E-state index in [4.69, 9.17) is 11.6 Å². The Hall–Kier alpha value is -0.380. The summed E-state index contributed by atoms with van der Waals surface area (Å²) in [4.78, 5) is 2.20. The van der Waals surface area contributed by atoms with Gasteiger partial charge in [-0.1, -0.05) is 17.7 Å². The maximum Gasteiger partial charge on any atom is 0.0762 e. The van der Waals surface area contributed by atoms with Crippen molar-refractivity contribution in [3.05, 3.63) is 28.8 Å². The molecule has 1 aromatic rings. The van der Waals surface area contributed by atoms with Crippen LogP contribution < -0.4 is 4.90 Å². The van der Waals surface area contributed by atoms with E-state index in [0.29, 0.717) is 11.1 Å². The lowest BCUT2D eigenvalue weighted by molar-refractivity contribution is 0.199. The summed E-state index contributed by atoms with van der Waals surface area (Å²) in [6.45, 7) is 3.95. The van der Waals surface area contributed by atoms with Crippen molar-refractivity contribution in [2.24, 2.45) is 0 Å². The number of hydrogen-bond acceptors (Lipinski definition) is 3. The zero-order valence-corrected chi connectivity index (χ0v) is 13.1. The molecule has 0 aliphatic carbocycles. The van der Waals surface area contributed by atoms with Gasteiger partial charge in [-0.15, -0.1) is 0 Å². The van der Waals surface area contributed by atoms with Gasteiger partial charge in [-0.2, -0.15) is 11.8 Å². The third kappa shape index (κ3) is 4.08. The SMILES string of the molecule is CSCCC(C)N(C)c1ccc([C@@H](C)O)cc1Cl. The second kappa shape index (κ2) is 7.27. The summed E-state index contributed by atoms with van der Waals surface area (Å²) in [5, 5.41) is 10.2. The summed E-state index contributed by atoms with van der Waals surface area (Å²) in [7, 11) is 2.06. The quantitative estimate of drug-likeness (QED) is 0.856. The standard InChI is InChI=1S/C14H22ClNOS/c1-10(7-8-18-4)16(3)14-6-5-12(11(2)17)9-13(14)15/h5-6,9-11,17H,7-8H2,1-4H3/t10?,11-/m1/s1. The van der Waals surface area contributed by atoms with Crippen molar-refractivity contribution in [1.29, 1.82) is 0 Å². The summed E-state index contributed by atoms with van der Waals surface area (Å²) in [6.07, 6.45) is 2.78. The normalized spacial score (nSPS) is 14.3. The molecule has 1 rings (SSSR count). The van der Waals surface area contributed by atoms with Gasteiger partial charge < -0.3 is 10.0 Å². The lowest BCUT2D eigenvalue weighted by Gasteiger charge is -2.28. The van der Waals surface area contributed by atoms with Gasteiger partial charge in [0.2, 0.25) is 0 Å². The predicted octanol–water partition coefficient (Wildman–Crippen LogP) is 3.97. The van der Waals surface area contributed by atoms with Gasteiger partial charge in [0.1, 0.15) is 0 Å². The Morgan fingerprint density at radius 2 is 2.06 bits per heavy atom. The molecule has 1 N–H and O–H groups in total. The fraction of sp³-hybridized carbons (Fsp3) is 0.571. The number of hydrogen-bond donors (Lipinski definition) is 1. The van der Waals surface area contributed by atoms with E-state index in [9.17, 15) is 5.11 Å². The molecular formula is C14H22ClNOS. The highest BCUT2D eigenvalue weighted by molar-refractivity contribution is 7.98. The molecule has 0 saturated heterocycles. The number of aliphatic hydroxyl groups is 1. The zero-order valence-electron chi connectivity index (χ0n) is 11.5. The first-order chi connectivity index (χ1) is 8.47. The van der Waals surface area contributed by atoms with Gasteiger partial charge in [0, 0.05) is 13.1 Å². The highest BCUT2D eigenvalue weighted by Crippen LogP contribution is 2.30. The van der Waals surface area contributed by atoms with Crippen LogP contribution in [0.1, 0.15) is 31.9 Å². The highest BCUT2D eigenvalue weighted by Gasteiger charge is 2.14. The van der Waals surface area contributed by atoms with Gasteiger partial charge in [0.15, 0.2) is 0 Å². The molecule has 0 spiro atoms. The largest absolute Gasteiger partial charge is 0.389 e. The van der Waals surface area contributed by atoms with E-state index in [-0.39, 0.29) is 0 Å². The molecule has 2 nitrogen and oxygen atoms in total. The number of halogens is 1. The van der Waals surface area contributed by atoms with Gasteiger partial charge in [0.05, 0.1) is 16.8 Å². The summed E-state index contributed by atoms with van der Waals surface area (Å²) >= 11 is 8.15. The minimum absolute atomic E-state index is 0.451. The summed E-state index contributed by atoms with van der Waals surface area (Å²) in [5.74, 6) is 1.15. The van der Waals surface area contributed by atoms with Crippen molar-refractivity contribution in [3.8, 4) is 0 Å². The van der Waals surface area contributed by atoms with Crippen molar-refractivity contribution in [1.82, 2.24) is 0 Å². The Morgan fingerprint density at radius 1 is 1.39 bits per heavy atom. The van der Waals surface area contributed by atoms with E-state index in [1.54, 1.807) is 6.92 Å². The number of aliphatic hydroxyl groups excluding tert-OH is 1. The average molecular weight is 288 g/mol. The Balaban J connectivity index is 2.82. The van der Waals surface area contributed by atoms with Crippen molar-refractivity contribution in [3.63, 3.8) is 0 Å². The molecular weight excluding hydrogens is 266 g/mol. The van der Waals surface area contributed by atoms with Gasteiger partial charge in [0.25, 0.3) is 0 Å². The Kier molecular flexibility index (Phi) is 6.33. The molecule has 0 amide bonds. The molecule has 0 aliphatic rings. The lowest BCUT2D eigenvalue weighted by Crippen LogP contribution is -2.29. The number of benzene rings is 1. The van der Waals surface area contributed by atoms with E-state index in [1.165, 1.54) is 0 Å². The Bertz CT molecular complexity index is 384.